The Morgan fingerprint density at radius 1 is 1.29 bits per heavy atom. The summed E-state index contributed by atoms with van der Waals surface area (Å²) in [4.78, 5) is 13.1. The van der Waals surface area contributed by atoms with Crippen molar-refractivity contribution in [3.8, 4) is 5.88 Å². The second-order valence-corrected chi connectivity index (χ2v) is 9.24. The molecule has 3 heterocycles. The highest BCUT2D eigenvalue weighted by molar-refractivity contribution is 8.00. The molecule has 2 aliphatic heterocycles. The summed E-state index contributed by atoms with van der Waals surface area (Å²) in [7, 11) is 0. The Morgan fingerprint density at radius 3 is 2.87 bits per heavy atom. The van der Waals surface area contributed by atoms with Gasteiger partial charge in [-0.1, -0.05) is 30.0 Å². The number of hydrogen-bond acceptors (Lipinski definition) is 7. The Bertz CT molecular complexity index is 1160. The Kier molecular flexibility index (Phi) is 5.47. The number of rotatable bonds is 6. The fraction of sp³-hybridized carbons (Fsp3) is 0.381. The van der Waals surface area contributed by atoms with Crippen LogP contribution in [-0.2, 0) is 11.3 Å². The van der Waals surface area contributed by atoms with Gasteiger partial charge in [-0.15, -0.1) is 0 Å². The summed E-state index contributed by atoms with van der Waals surface area (Å²) < 4.78 is 9.72. The second-order valence-electron chi connectivity index (χ2n) is 7.74. The maximum Gasteiger partial charge on any atom is 0.270 e. The summed E-state index contributed by atoms with van der Waals surface area (Å²) in [6.07, 6.45) is 4.99. The van der Waals surface area contributed by atoms with E-state index in [2.05, 4.69) is 11.0 Å². The van der Waals surface area contributed by atoms with Crippen molar-refractivity contribution >= 4 is 40.9 Å². The molecular weight excluding hydrogens is 436 g/mol. The maximum atomic E-state index is 11.1. The third-order valence-electron chi connectivity index (χ3n) is 5.84. The van der Waals surface area contributed by atoms with Gasteiger partial charge >= 0.3 is 0 Å². The molecule has 1 saturated heterocycles. The third-order valence-corrected chi connectivity index (χ3v) is 7.47. The van der Waals surface area contributed by atoms with Gasteiger partial charge in [0.05, 0.1) is 23.4 Å². The minimum Gasteiger partial charge on any atom is -0.493 e. The Hall–Kier alpha value is -2.40. The number of nitro benzene ring substituents is 1. The van der Waals surface area contributed by atoms with Crippen molar-refractivity contribution in [1.29, 1.82) is 0 Å². The molecule has 10 heteroatoms. The third kappa shape index (κ3) is 3.73. The van der Waals surface area contributed by atoms with Crippen LogP contribution in [0.1, 0.15) is 12.0 Å². The molecule has 1 unspecified atom stereocenters. The minimum atomic E-state index is -0.384. The second kappa shape index (κ2) is 8.27. The molecule has 5 rings (SSSR count). The molecule has 8 nitrogen and oxygen atoms in total. The van der Waals surface area contributed by atoms with Gasteiger partial charge in [-0.25, -0.2) is 0 Å². The molecule has 0 saturated carbocycles. The zero-order valence-corrected chi connectivity index (χ0v) is 18.4. The molecule has 1 atom stereocenters. The number of hydrogen-bond donors (Lipinski definition) is 1. The van der Waals surface area contributed by atoms with Crippen molar-refractivity contribution < 1.29 is 14.8 Å². The number of benzene rings is 1. The highest BCUT2D eigenvalue weighted by Gasteiger charge is 2.35. The van der Waals surface area contributed by atoms with Gasteiger partial charge in [0.1, 0.15) is 5.03 Å². The molecule has 1 N–H and O–H groups in total. The minimum absolute atomic E-state index is 0.0415. The number of nitro groups is 1. The number of morpholine rings is 1. The first-order valence-electron chi connectivity index (χ1n) is 10.2. The van der Waals surface area contributed by atoms with Gasteiger partial charge in [0.2, 0.25) is 5.88 Å². The standard InChI is InChI=1S/C21H22N4O4S2/c26-19-20-24(21(30)23(19)6-2-5-22-7-9-29-10-8-22)17-12-15(13-18(17)31-20)14-3-1-4-16(11-14)25(27)28/h1,3-4,11-13,18,26H,2,5-10H2. The highest BCUT2D eigenvalue weighted by Crippen LogP contribution is 2.50. The molecule has 0 radical (unpaired) electrons. The van der Waals surface area contributed by atoms with Crippen LogP contribution < -0.4 is 0 Å². The predicted molar refractivity (Wildman–Crippen MR) is 122 cm³/mol. The zero-order chi connectivity index (χ0) is 21.5. The van der Waals surface area contributed by atoms with E-state index in [1.807, 2.05) is 16.7 Å². The van der Waals surface area contributed by atoms with Crippen LogP contribution in [0.15, 0.2) is 41.4 Å². The fourth-order valence-corrected chi connectivity index (χ4v) is 5.94. The maximum absolute atomic E-state index is 11.1. The molecule has 2 aromatic rings. The van der Waals surface area contributed by atoms with Crippen LogP contribution in [0, 0.1) is 14.9 Å². The van der Waals surface area contributed by atoms with E-state index in [9.17, 15) is 15.2 Å². The summed E-state index contributed by atoms with van der Waals surface area (Å²) in [5.74, 6) is 0.220. The number of imidazole rings is 1. The lowest BCUT2D eigenvalue weighted by Crippen LogP contribution is -2.37. The lowest BCUT2D eigenvalue weighted by Gasteiger charge is -2.26. The molecule has 1 aromatic carbocycles. The number of fused-ring (bicyclic) bond motifs is 3. The molecule has 162 valence electrons. The van der Waals surface area contributed by atoms with Crippen LogP contribution in [0.25, 0.3) is 11.3 Å². The van der Waals surface area contributed by atoms with Crippen LogP contribution in [0.3, 0.4) is 0 Å². The lowest BCUT2D eigenvalue weighted by molar-refractivity contribution is -0.384. The zero-order valence-electron chi connectivity index (χ0n) is 16.8. The van der Waals surface area contributed by atoms with E-state index in [1.54, 1.807) is 28.5 Å². The highest BCUT2D eigenvalue weighted by atomic mass is 32.2. The first-order chi connectivity index (χ1) is 15.0. The number of non-ortho nitro benzene ring substituents is 1. The SMILES string of the molecule is O=[N+]([O-])c1cccc(C2=CC3Sc4c(O)n(CCCN5CCOCC5)c(=S)n4C3=C2)c1. The van der Waals surface area contributed by atoms with E-state index in [4.69, 9.17) is 17.0 Å². The van der Waals surface area contributed by atoms with Gasteiger partial charge in [0, 0.05) is 44.0 Å². The largest absolute Gasteiger partial charge is 0.493 e. The molecule has 1 fully saturated rings. The number of nitrogens with zero attached hydrogens (tertiary/aromatic N) is 4. The van der Waals surface area contributed by atoms with Crippen LogP contribution in [0.2, 0.25) is 0 Å². The smallest absolute Gasteiger partial charge is 0.270 e. The first kappa shape index (κ1) is 20.5. The van der Waals surface area contributed by atoms with Crippen molar-refractivity contribution in [2.45, 2.75) is 23.2 Å². The topological polar surface area (TPSA) is 85.7 Å². The summed E-state index contributed by atoms with van der Waals surface area (Å²) in [6.45, 7) is 5.04. The van der Waals surface area contributed by atoms with Crippen LogP contribution >= 0.6 is 24.0 Å². The molecule has 0 spiro atoms. The Morgan fingerprint density at radius 2 is 2.10 bits per heavy atom. The molecule has 0 bridgehead atoms. The van der Waals surface area contributed by atoms with E-state index >= 15 is 0 Å². The van der Waals surface area contributed by atoms with Gasteiger partial charge in [0.15, 0.2) is 4.77 Å². The molecule has 0 amide bonds. The first-order valence-corrected chi connectivity index (χ1v) is 11.5. The van der Waals surface area contributed by atoms with Crippen molar-refractivity contribution in [3.05, 3.63) is 56.9 Å². The van der Waals surface area contributed by atoms with E-state index in [0.29, 0.717) is 11.3 Å². The average Bonchev–Trinajstić information content (AvgIpc) is 3.40. The van der Waals surface area contributed by atoms with E-state index in [0.717, 1.165) is 61.1 Å². The van der Waals surface area contributed by atoms with Crippen LogP contribution in [-0.4, -0.2) is 62.2 Å². The molecule has 3 aliphatic rings. The number of aromatic nitrogens is 2. The Labute approximate surface area is 188 Å². The van der Waals surface area contributed by atoms with E-state index in [1.165, 1.54) is 6.07 Å². The average molecular weight is 459 g/mol. The quantitative estimate of drug-likeness (QED) is 0.401. The Balaban J connectivity index is 1.36. The molecule has 1 aromatic heterocycles. The predicted octanol–water partition coefficient (Wildman–Crippen LogP) is 3.77. The number of thioether (sulfide) groups is 1. The van der Waals surface area contributed by atoms with Crippen molar-refractivity contribution in [2.24, 2.45) is 0 Å². The van der Waals surface area contributed by atoms with Gasteiger partial charge in [0.25, 0.3) is 5.69 Å². The molecule has 31 heavy (non-hydrogen) atoms. The van der Waals surface area contributed by atoms with Gasteiger partial charge < -0.3 is 9.84 Å². The molecule has 1 aliphatic carbocycles. The van der Waals surface area contributed by atoms with E-state index in [-0.39, 0.29) is 21.7 Å². The van der Waals surface area contributed by atoms with Crippen molar-refractivity contribution in [3.63, 3.8) is 0 Å². The van der Waals surface area contributed by atoms with E-state index < -0.39 is 0 Å². The monoisotopic (exact) mass is 458 g/mol. The summed E-state index contributed by atoms with van der Waals surface area (Å²) in [5.41, 5.74) is 2.80. The number of ether oxygens (including phenoxy) is 1. The molecular formula is C21H22N4O4S2. The lowest BCUT2D eigenvalue weighted by atomic mass is 10.1. The normalized spacial score (nSPS) is 20.3. The van der Waals surface area contributed by atoms with Gasteiger partial charge in [-0.2, -0.15) is 0 Å². The van der Waals surface area contributed by atoms with Crippen molar-refractivity contribution in [1.82, 2.24) is 14.0 Å². The van der Waals surface area contributed by atoms with Gasteiger partial charge in [-0.3, -0.25) is 24.1 Å². The fourth-order valence-electron chi connectivity index (χ4n) is 4.25. The van der Waals surface area contributed by atoms with Crippen molar-refractivity contribution in [2.75, 3.05) is 32.8 Å². The van der Waals surface area contributed by atoms with Crippen LogP contribution in [0.4, 0.5) is 5.69 Å². The number of allylic oxidation sites excluding steroid dienone is 2. The summed E-state index contributed by atoms with van der Waals surface area (Å²) in [5, 5.41) is 22.7. The number of aromatic hydroxyl groups is 1. The summed E-state index contributed by atoms with van der Waals surface area (Å²) >= 11 is 7.27. The van der Waals surface area contributed by atoms with Crippen LogP contribution in [0.5, 0.6) is 5.88 Å². The summed E-state index contributed by atoms with van der Waals surface area (Å²) in [6, 6.07) is 6.64. The van der Waals surface area contributed by atoms with Gasteiger partial charge in [-0.05, 0) is 35.9 Å².